The first-order valence-corrected chi connectivity index (χ1v) is 8.22. The monoisotopic (exact) mass is 283 g/mol. The lowest BCUT2D eigenvalue weighted by atomic mass is 10.1. The fourth-order valence-electron chi connectivity index (χ4n) is 2.52. The Kier molecular flexibility index (Phi) is 4.42. The van der Waals surface area contributed by atoms with Gasteiger partial charge in [-0.05, 0) is 44.2 Å². The van der Waals surface area contributed by atoms with Crippen LogP contribution in [0, 0.1) is 5.92 Å². The van der Waals surface area contributed by atoms with Crippen molar-refractivity contribution in [3.8, 4) is 0 Å². The van der Waals surface area contributed by atoms with Gasteiger partial charge in [0.05, 0.1) is 5.69 Å². The Balaban J connectivity index is 2.19. The van der Waals surface area contributed by atoms with Crippen LogP contribution in [0.3, 0.4) is 0 Å². The zero-order chi connectivity index (χ0) is 13.9. The smallest absolute Gasteiger partial charge is 0.260 e. The van der Waals surface area contributed by atoms with Crippen molar-refractivity contribution in [1.82, 2.24) is 9.71 Å². The molecule has 0 spiro atoms. The maximum absolute atomic E-state index is 12.4. The van der Waals surface area contributed by atoms with Crippen LogP contribution in [0.2, 0.25) is 0 Å². The Hall–Kier alpha value is -1.14. The minimum atomic E-state index is -3.54. The van der Waals surface area contributed by atoms with Crippen LogP contribution in [-0.4, -0.2) is 26.0 Å². The van der Waals surface area contributed by atoms with Crippen molar-refractivity contribution in [1.29, 1.82) is 0 Å². The van der Waals surface area contributed by atoms with E-state index < -0.39 is 10.0 Å². The lowest BCUT2D eigenvalue weighted by molar-refractivity contribution is 0.536. The molecule has 1 aliphatic carbocycles. The van der Waals surface area contributed by atoms with E-state index in [2.05, 4.69) is 21.9 Å². The van der Waals surface area contributed by atoms with Crippen LogP contribution in [-0.2, 0) is 10.0 Å². The van der Waals surface area contributed by atoms with Gasteiger partial charge in [-0.1, -0.05) is 6.92 Å². The lowest BCUT2D eigenvalue weighted by Gasteiger charge is -2.15. The SMILES string of the molecule is CCNc1cccnc1S(=O)(=O)NC1CCC(C)C1. The Labute approximate surface area is 114 Å². The van der Waals surface area contributed by atoms with Gasteiger partial charge in [0, 0.05) is 18.8 Å². The molecule has 2 N–H and O–H groups in total. The van der Waals surface area contributed by atoms with Gasteiger partial charge >= 0.3 is 0 Å². The number of nitrogens with zero attached hydrogens (tertiary/aromatic N) is 1. The average Bonchev–Trinajstić information content (AvgIpc) is 2.75. The second-order valence-corrected chi connectivity index (χ2v) is 6.75. The molecule has 2 atom stereocenters. The summed E-state index contributed by atoms with van der Waals surface area (Å²) >= 11 is 0. The van der Waals surface area contributed by atoms with Crippen LogP contribution in [0.4, 0.5) is 5.69 Å². The maximum atomic E-state index is 12.4. The Morgan fingerprint density at radius 2 is 2.21 bits per heavy atom. The Morgan fingerprint density at radius 1 is 1.42 bits per heavy atom. The molecule has 106 valence electrons. The lowest BCUT2D eigenvalue weighted by Crippen LogP contribution is -2.34. The molecule has 0 radical (unpaired) electrons. The van der Waals surface area contributed by atoms with E-state index in [1.165, 1.54) is 6.20 Å². The minimum Gasteiger partial charge on any atom is -0.383 e. The topological polar surface area (TPSA) is 71.1 Å². The predicted octanol–water partition coefficient (Wildman–Crippen LogP) is 1.98. The molecule has 0 aromatic carbocycles. The molecule has 6 heteroatoms. The molecule has 0 saturated heterocycles. The highest BCUT2D eigenvalue weighted by molar-refractivity contribution is 7.89. The third kappa shape index (κ3) is 3.45. The molecule has 5 nitrogen and oxygen atoms in total. The van der Waals surface area contributed by atoms with Gasteiger partial charge in [-0.2, -0.15) is 0 Å². The van der Waals surface area contributed by atoms with Gasteiger partial charge in [-0.25, -0.2) is 18.1 Å². The highest BCUT2D eigenvalue weighted by Gasteiger charge is 2.28. The van der Waals surface area contributed by atoms with E-state index in [-0.39, 0.29) is 11.1 Å². The third-order valence-corrected chi connectivity index (χ3v) is 4.89. The number of rotatable bonds is 5. The van der Waals surface area contributed by atoms with Crippen molar-refractivity contribution in [2.75, 3.05) is 11.9 Å². The number of anilines is 1. The second-order valence-electron chi connectivity index (χ2n) is 5.12. The highest BCUT2D eigenvalue weighted by atomic mass is 32.2. The molecular weight excluding hydrogens is 262 g/mol. The molecule has 1 fully saturated rings. The van der Waals surface area contributed by atoms with Crippen molar-refractivity contribution < 1.29 is 8.42 Å². The molecule has 1 heterocycles. The van der Waals surface area contributed by atoms with Gasteiger partial charge in [0.25, 0.3) is 10.0 Å². The number of aromatic nitrogens is 1. The van der Waals surface area contributed by atoms with Crippen molar-refractivity contribution in [2.24, 2.45) is 5.92 Å². The first-order chi connectivity index (χ1) is 9.03. The summed E-state index contributed by atoms with van der Waals surface area (Å²) in [6, 6.07) is 3.51. The van der Waals surface area contributed by atoms with E-state index in [0.717, 1.165) is 19.3 Å². The molecule has 2 rings (SSSR count). The van der Waals surface area contributed by atoms with Crippen molar-refractivity contribution in [2.45, 2.75) is 44.2 Å². The maximum Gasteiger partial charge on any atom is 0.260 e. The van der Waals surface area contributed by atoms with Gasteiger partial charge in [0.2, 0.25) is 0 Å². The molecule has 0 amide bonds. The third-order valence-electron chi connectivity index (χ3n) is 3.41. The summed E-state index contributed by atoms with van der Waals surface area (Å²) in [6.07, 6.45) is 4.40. The number of sulfonamides is 1. The van der Waals surface area contributed by atoms with Crippen LogP contribution in [0.25, 0.3) is 0 Å². The second kappa shape index (κ2) is 5.88. The summed E-state index contributed by atoms with van der Waals surface area (Å²) < 4.78 is 27.5. The summed E-state index contributed by atoms with van der Waals surface area (Å²) in [5, 5.41) is 3.13. The highest BCUT2D eigenvalue weighted by Crippen LogP contribution is 2.26. The van der Waals surface area contributed by atoms with E-state index in [4.69, 9.17) is 0 Å². The summed E-state index contributed by atoms with van der Waals surface area (Å²) in [7, 11) is -3.54. The normalized spacial score (nSPS) is 23.5. The van der Waals surface area contributed by atoms with Gasteiger partial charge < -0.3 is 5.32 Å². The van der Waals surface area contributed by atoms with Gasteiger partial charge in [-0.3, -0.25) is 0 Å². The molecule has 0 bridgehead atoms. The van der Waals surface area contributed by atoms with Crippen LogP contribution in [0.5, 0.6) is 0 Å². The molecule has 1 aliphatic rings. The number of pyridine rings is 1. The van der Waals surface area contributed by atoms with E-state index in [0.29, 0.717) is 18.2 Å². The van der Waals surface area contributed by atoms with Gasteiger partial charge in [0.15, 0.2) is 5.03 Å². The van der Waals surface area contributed by atoms with Crippen molar-refractivity contribution in [3.63, 3.8) is 0 Å². The van der Waals surface area contributed by atoms with Crippen molar-refractivity contribution in [3.05, 3.63) is 18.3 Å². The standard InChI is InChI=1S/C13H21N3O2S/c1-3-14-12-5-4-8-15-13(12)19(17,18)16-11-7-6-10(2)9-11/h4-5,8,10-11,14,16H,3,6-7,9H2,1-2H3. The zero-order valence-electron chi connectivity index (χ0n) is 11.4. The first-order valence-electron chi connectivity index (χ1n) is 6.74. The minimum absolute atomic E-state index is 0.0384. The fourth-order valence-corrected chi connectivity index (χ4v) is 3.91. The summed E-state index contributed by atoms with van der Waals surface area (Å²) in [5.41, 5.74) is 0.559. The van der Waals surface area contributed by atoms with E-state index in [1.54, 1.807) is 12.1 Å². The number of hydrogen-bond donors (Lipinski definition) is 2. The summed E-state index contributed by atoms with van der Waals surface area (Å²) in [6.45, 7) is 4.74. The Morgan fingerprint density at radius 3 is 2.84 bits per heavy atom. The molecule has 1 saturated carbocycles. The first kappa shape index (κ1) is 14.3. The molecule has 1 aromatic rings. The fraction of sp³-hybridized carbons (Fsp3) is 0.615. The van der Waals surface area contributed by atoms with E-state index in [9.17, 15) is 8.42 Å². The molecule has 1 aromatic heterocycles. The van der Waals surface area contributed by atoms with Crippen LogP contribution >= 0.6 is 0 Å². The van der Waals surface area contributed by atoms with Gasteiger partial charge in [-0.15, -0.1) is 0 Å². The quantitative estimate of drug-likeness (QED) is 0.867. The molecule has 0 aliphatic heterocycles. The van der Waals surface area contributed by atoms with E-state index in [1.807, 2.05) is 6.92 Å². The zero-order valence-corrected chi connectivity index (χ0v) is 12.2. The van der Waals surface area contributed by atoms with Crippen LogP contribution < -0.4 is 10.0 Å². The van der Waals surface area contributed by atoms with Crippen LogP contribution in [0.15, 0.2) is 23.4 Å². The number of hydrogen-bond acceptors (Lipinski definition) is 4. The number of nitrogens with one attached hydrogen (secondary N) is 2. The average molecular weight is 283 g/mol. The molecule has 2 unspecified atom stereocenters. The molecular formula is C13H21N3O2S. The van der Waals surface area contributed by atoms with Crippen LogP contribution in [0.1, 0.15) is 33.1 Å². The van der Waals surface area contributed by atoms with Gasteiger partial charge in [0.1, 0.15) is 0 Å². The summed E-state index contributed by atoms with van der Waals surface area (Å²) in [4.78, 5) is 4.02. The van der Waals surface area contributed by atoms with E-state index >= 15 is 0 Å². The predicted molar refractivity (Wildman–Crippen MR) is 75.5 cm³/mol. The summed E-state index contributed by atoms with van der Waals surface area (Å²) in [5.74, 6) is 0.588. The molecule has 19 heavy (non-hydrogen) atoms. The largest absolute Gasteiger partial charge is 0.383 e. The Bertz CT molecular complexity index is 530. The van der Waals surface area contributed by atoms with Crippen molar-refractivity contribution >= 4 is 15.7 Å².